The van der Waals surface area contributed by atoms with Crippen LogP contribution in [-0.2, 0) is 33.3 Å². The Morgan fingerprint density at radius 3 is 2.49 bits per heavy atom. The molecule has 0 amide bonds. The lowest BCUT2D eigenvalue weighted by molar-refractivity contribution is -0.264. The molecule has 4 aliphatic heterocycles. The molecule has 1 aromatic rings. The number of epoxide rings is 1. The first kappa shape index (κ1) is 30.1. The Kier molecular flexibility index (Phi) is 6.15. The molecule has 1 aromatic heterocycles. The zero-order chi connectivity index (χ0) is 31.9. The number of rotatable bonds is 5. The highest BCUT2D eigenvalue weighted by atomic mass is 16.7. The summed E-state index contributed by atoms with van der Waals surface area (Å²) >= 11 is 0. The number of aliphatic hydroxyl groups is 2. The first-order valence-electron chi connectivity index (χ1n) is 16.8. The molecule has 3 aliphatic carbocycles. The van der Waals surface area contributed by atoms with Crippen LogP contribution in [0.2, 0.25) is 0 Å². The zero-order valence-corrected chi connectivity index (χ0v) is 26.9. The van der Waals surface area contributed by atoms with Gasteiger partial charge in [0.05, 0.1) is 35.6 Å². The van der Waals surface area contributed by atoms with Crippen molar-refractivity contribution >= 4 is 17.7 Å². The van der Waals surface area contributed by atoms with Crippen LogP contribution in [0.3, 0.4) is 0 Å². The van der Waals surface area contributed by atoms with Gasteiger partial charge in [-0.25, -0.2) is 4.79 Å². The summed E-state index contributed by atoms with van der Waals surface area (Å²) in [6.45, 7) is 10.2. The van der Waals surface area contributed by atoms with E-state index in [1.54, 1.807) is 18.6 Å². The number of hydrogen-bond donors (Lipinski definition) is 2. The molecule has 0 radical (unpaired) electrons. The lowest BCUT2D eigenvalue weighted by Gasteiger charge is -2.67. The fourth-order valence-electron chi connectivity index (χ4n) is 12.2. The molecule has 45 heavy (non-hydrogen) atoms. The van der Waals surface area contributed by atoms with Crippen LogP contribution in [0.15, 0.2) is 23.0 Å². The van der Waals surface area contributed by atoms with E-state index in [-0.39, 0.29) is 36.8 Å². The van der Waals surface area contributed by atoms with E-state index in [9.17, 15) is 19.8 Å². The predicted octanol–water partition coefficient (Wildman–Crippen LogP) is 3.91. The standard InChI is InChI=1S/C35H46O10/c1-18(2)6-11-31(4)23-22(37)24(38)32(5)21(34(23)17-42-29(40)33(28(34)45-31)12-7-19(14-33)15-36)8-10-30(3)25(20-9-13-41-16-20)43-27(39)26-35(30,32)44-26/h9,13,16,18-19,21,23-26,28,36,38H,6-8,10-12,14-15,17H2,1-5H3/t19-,21-,23+,24+,25-,26+,28-,30-,31-,32-,33-,34+,35+/m0/s1. The van der Waals surface area contributed by atoms with E-state index in [1.165, 1.54) is 0 Å². The van der Waals surface area contributed by atoms with Crippen molar-refractivity contribution in [2.24, 2.45) is 45.3 Å². The average molecular weight is 627 g/mol. The van der Waals surface area contributed by atoms with Crippen molar-refractivity contribution < 1.29 is 48.0 Å². The van der Waals surface area contributed by atoms with Crippen molar-refractivity contribution in [3.05, 3.63) is 24.2 Å². The van der Waals surface area contributed by atoms with Crippen LogP contribution in [0.25, 0.3) is 0 Å². The molecule has 7 aliphatic rings. The molecule has 4 saturated heterocycles. The summed E-state index contributed by atoms with van der Waals surface area (Å²) in [5.74, 6) is -1.92. The molecule has 3 spiro atoms. The highest BCUT2D eigenvalue weighted by Gasteiger charge is 2.91. The first-order valence-corrected chi connectivity index (χ1v) is 16.8. The van der Waals surface area contributed by atoms with Gasteiger partial charge in [-0.05, 0) is 75.7 Å². The van der Waals surface area contributed by atoms with E-state index in [0.29, 0.717) is 50.0 Å². The van der Waals surface area contributed by atoms with Crippen LogP contribution in [0, 0.1) is 45.3 Å². The van der Waals surface area contributed by atoms with Gasteiger partial charge in [-0.2, -0.15) is 0 Å². The Morgan fingerprint density at radius 1 is 1.04 bits per heavy atom. The number of furan rings is 1. The lowest BCUT2D eigenvalue weighted by Crippen LogP contribution is -2.77. The Hall–Kier alpha value is -2.27. The van der Waals surface area contributed by atoms with Gasteiger partial charge in [0.15, 0.2) is 11.9 Å². The lowest BCUT2D eigenvalue weighted by atomic mass is 9.35. The van der Waals surface area contributed by atoms with E-state index in [2.05, 4.69) is 13.8 Å². The van der Waals surface area contributed by atoms with Gasteiger partial charge < -0.3 is 33.6 Å². The Bertz CT molecular complexity index is 1440. The smallest absolute Gasteiger partial charge is 0.339 e. The second kappa shape index (κ2) is 9.20. The number of ether oxygens (including phenoxy) is 4. The molecular weight excluding hydrogens is 580 g/mol. The van der Waals surface area contributed by atoms with E-state index in [0.717, 1.165) is 6.42 Å². The quantitative estimate of drug-likeness (QED) is 0.365. The Labute approximate surface area is 263 Å². The summed E-state index contributed by atoms with van der Waals surface area (Å²) < 4.78 is 31.4. The van der Waals surface area contributed by atoms with Crippen molar-refractivity contribution in [2.45, 2.75) is 115 Å². The van der Waals surface area contributed by atoms with Gasteiger partial charge >= 0.3 is 11.9 Å². The van der Waals surface area contributed by atoms with Crippen LogP contribution in [0.1, 0.15) is 91.2 Å². The first-order chi connectivity index (χ1) is 21.3. The molecule has 3 saturated carbocycles. The number of ketones is 1. The molecule has 7 fully saturated rings. The highest BCUT2D eigenvalue weighted by molar-refractivity contribution is 5.92. The Morgan fingerprint density at radius 2 is 1.82 bits per heavy atom. The van der Waals surface area contributed by atoms with Crippen LogP contribution < -0.4 is 0 Å². The number of fused-ring (bicyclic) bond motifs is 2. The average Bonchev–Trinajstić information content (AvgIpc) is 3.29. The van der Waals surface area contributed by atoms with E-state index >= 15 is 4.79 Å². The minimum atomic E-state index is -1.43. The molecule has 8 rings (SSSR count). The number of esters is 2. The number of hydrogen-bond acceptors (Lipinski definition) is 10. The maximum Gasteiger partial charge on any atom is 0.339 e. The number of aliphatic hydroxyl groups excluding tert-OH is 2. The normalized spacial score (nSPS) is 52.9. The van der Waals surface area contributed by atoms with Crippen LogP contribution in [0.4, 0.5) is 0 Å². The molecular formula is C35H46O10. The van der Waals surface area contributed by atoms with Crippen LogP contribution >= 0.6 is 0 Å². The maximum absolute atomic E-state index is 15.0. The van der Waals surface area contributed by atoms with Gasteiger partial charge in [-0.15, -0.1) is 0 Å². The van der Waals surface area contributed by atoms with Crippen LogP contribution in [0.5, 0.6) is 0 Å². The molecule has 10 heteroatoms. The Balaban J connectivity index is 1.32. The third-order valence-electron chi connectivity index (χ3n) is 14.1. The van der Waals surface area contributed by atoms with Crippen molar-refractivity contribution in [1.29, 1.82) is 0 Å². The van der Waals surface area contributed by atoms with Gasteiger partial charge in [0.25, 0.3) is 0 Å². The van der Waals surface area contributed by atoms with Gasteiger partial charge in [-0.1, -0.05) is 27.7 Å². The summed E-state index contributed by atoms with van der Waals surface area (Å²) in [5.41, 5.74) is -5.31. The van der Waals surface area contributed by atoms with Crippen molar-refractivity contribution in [1.82, 2.24) is 0 Å². The van der Waals surface area contributed by atoms with Gasteiger partial charge in [0.2, 0.25) is 0 Å². The fourth-order valence-corrected chi connectivity index (χ4v) is 12.2. The monoisotopic (exact) mass is 626 g/mol. The molecule has 5 heterocycles. The largest absolute Gasteiger partial charge is 0.472 e. The predicted molar refractivity (Wildman–Crippen MR) is 156 cm³/mol. The molecule has 0 bridgehead atoms. The summed E-state index contributed by atoms with van der Waals surface area (Å²) in [5, 5.41) is 22.6. The van der Waals surface area contributed by atoms with Crippen molar-refractivity contribution in [3.63, 3.8) is 0 Å². The van der Waals surface area contributed by atoms with Gasteiger partial charge in [-0.3, -0.25) is 9.59 Å². The molecule has 2 N–H and O–H groups in total. The zero-order valence-electron chi connectivity index (χ0n) is 26.9. The molecule has 0 aromatic carbocycles. The van der Waals surface area contributed by atoms with Crippen molar-refractivity contribution in [2.75, 3.05) is 13.2 Å². The maximum atomic E-state index is 15.0. The number of carbonyl (C=O) groups excluding carboxylic acids is 3. The summed E-state index contributed by atoms with van der Waals surface area (Å²) in [6, 6.07) is 1.79. The molecule has 0 unspecified atom stereocenters. The highest BCUT2D eigenvalue weighted by Crippen LogP contribution is 2.81. The van der Waals surface area contributed by atoms with E-state index < -0.39 is 69.2 Å². The minimum absolute atomic E-state index is 0.00968. The topological polar surface area (TPSA) is 145 Å². The number of carbonyl (C=O) groups is 3. The SMILES string of the molecule is CC(C)CC[C@]1(C)O[C@H]2[C@@]3(CC[C@H](CO)C3)C(=O)OC[C@]23[C@H]2CC[C@@]4(C)[C@H](c5ccoc5)OC(=O)[C@H]5O[C@]54[C@]2(C)[C@H](O)C(=O)[C@@H]31. The van der Waals surface area contributed by atoms with Crippen molar-refractivity contribution in [3.8, 4) is 0 Å². The molecule has 13 atom stereocenters. The minimum Gasteiger partial charge on any atom is -0.472 e. The number of Topliss-reactive ketones (excluding diaryl/α,β-unsaturated/α-hetero) is 1. The molecule has 246 valence electrons. The number of cyclic esters (lactones) is 2. The third-order valence-corrected chi connectivity index (χ3v) is 14.1. The fraction of sp³-hybridized carbons (Fsp3) is 0.800. The second-order valence-corrected chi connectivity index (χ2v) is 16.5. The summed E-state index contributed by atoms with van der Waals surface area (Å²) in [4.78, 5) is 42.5. The van der Waals surface area contributed by atoms with E-state index in [4.69, 9.17) is 23.4 Å². The van der Waals surface area contributed by atoms with Gasteiger partial charge in [0.1, 0.15) is 24.4 Å². The second-order valence-electron chi connectivity index (χ2n) is 16.5. The summed E-state index contributed by atoms with van der Waals surface area (Å²) in [7, 11) is 0. The van der Waals surface area contributed by atoms with Gasteiger partial charge in [0, 0.05) is 28.4 Å². The summed E-state index contributed by atoms with van der Waals surface area (Å²) in [6.07, 6.45) is 3.66. The van der Waals surface area contributed by atoms with Crippen LogP contribution in [-0.4, -0.2) is 70.7 Å². The van der Waals surface area contributed by atoms with E-state index in [1.807, 2.05) is 20.8 Å². The molecule has 10 nitrogen and oxygen atoms in total. The third kappa shape index (κ3) is 3.28.